The lowest BCUT2D eigenvalue weighted by Gasteiger charge is -2.14. The van der Waals surface area contributed by atoms with Gasteiger partial charge in [0.1, 0.15) is 0 Å². The molecule has 0 heterocycles. The van der Waals surface area contributed by atoms with Crippen molar-refractivity contribution in [2.75, 3.05) is 6.54 Å². The molecule has 17 heavy (non-hydrogen) atoms. The van der Waals surface area contributed by atoms with E-state index in [2.05, 4.69) is 12.2 Å². The van der Waals surface area contributed by atoms with Crippen molar-refractivity contribution in [1.82, 2.24) is 5.32 Å². The van der Waals surface area contributed by atoms with Gasteiger partial charge in [0.2, 0.25) is 0 Å². The fourth-order valence-corrected chi connectivity index (χ4v) is 2.11. The van der Waals surface area contributed by atoms with Crippen LogP contribution in [-0.2, 0) is 6.42 Å². The molecule has 92 valence electrons. The van der Waals surface area contributed by atoms with Gasteiger partial charge in [-0.15, -0.1) is 0 Å². The minimum atomic E-state index is 0.0356. The van der Waals surface area contributed by atoms with E-state index in [-0.39, 0.29) is 11.9 Å². The van der Waals surface area contributed by atoms with Crippen LogP contribution in [0.5, 0.6) is 0 Å². The summed E-state index contributed by atoms with van der Waals surface area (Å²) in [5.41, 5.74) is 7.36. The first-order chi connectivity index (χ1) is 8.22. The number of nitrogens with one attached hydrogen (secondary N) is 1. The lowest BCUT2D eigenvalue weighted by Crippen LogP contribution is -2.34. The molecule has 1 amide bonds. The molecule has 3 nitrogen and oxygen atoms in total. The summed E-state index contributed by atoms with van der Waals surface area (Å²) in [5.74, 6) is 0.717. The number of carbonyl (C=O) groups is 1. The van der Waals surface area contributed by atoms with Crippen molar-refractivity contribution in [2.45, 2.75) is 32.2 Å². The summed E-state index contributed by atoms with van der Waals surface area (Å²) in [4.78, 5) is 12.1. The average molecular weight is 232 g/mol. The van der Waals surface area contributed by atoms with Gasteiger partial charge in [-0.25, -0.2) is 0 Å². The Kier molecular flexibility index (Phi) is 3.79. The predicted molar refractivity (Wildman–Crippen MR) is 68.9 cm³/mol. The van der Waals surface area contributed by atoms with Crippen molar-refractivity contribution in [3.8, 4) is 0 Å². The summed E-state index contributed by atoms with van der Waals surface area (Å²) in [6, 6.07) is 7.99. The highest BCUT2D eigenvalue weighted by atomic mass is 16.1. The van der Waals surface area contributed by atoms with Gasteiger partial charge in [0.05, 0.1) is 0 Å². The van der Waals surface area contributed by atoms with Crippen LogP contribution in [0.3, 0.4) is 0 Å². The van der Waals surface area contributed by atoms with Crippen LogP contribution in [0.25, 0.3) is 0 Å². The Hall–Kier alpha value is -1.35. The third-order valence-corrected chi connectivity index (χ3v) is 3.36. The highest BCUT2D eigenvalue weighted by Gasteiger charge is 2.29. The fourth-order valence-electron chi connectivity index (χ4n) is 2.11. The molecule has 1 saturated carbocycles. The van der Waals surface area contributed by atoms with Gasteiger partial charge < -0.3 is 11.1 Å². The Labute approximate surface area is 102 Å². The van der Waals surface area contributed by atoms with Crippen LogP contribution in [0.15, 0.2) is 24.3 Å². The van der Waals surface area contributed by atoms with E-state index in [0.717, 1.165) is 17.5 Å². The van der Waals surface area contributed by atoms with Gasteiger partial charge in [0.25, 0.3) is 5.91 Å². The van der Waals surface area contributed by atoms with Gasteiger partial charge in [0, 0.05) is 11.6 Å². The highest BCUT2D eigenvalue weighted by Crippen LogP contribution is 2.32. The second kappa shape index (κ2) is 5.32. The average Bonchev–Trinajstić information content (AvgIpc) is 3.13. The van der Waals surface area contributed by atoms with E-state index in [1.165, 1.54) is 12.8 Å². The summed E-state index contributed by atoms with van der Waals surface area (Å²) < 4.78 is 0. The molecule has 1 fully saturated rings. The lowest BCUT2D eigenvalue weighted by atomic mass is 10.0. The van der Waals surface area contributed by atoms with E-state index in [1.807, 2.05) is 24.3 Å². The van der Waals surface area contributed by atoms with Gasteiger partial charge in [0.15, 0.2) is 0 Å². The first kappa shape index (κ1) is 12.1. The molecule has 0 radical (unpaired) electrons. The zero-order chi connectivity index (χ0) is 12.3. The lowest BCUT2D eigenvalue weighted by molar-refractivity contribution is 0.0935. The van der Waals surface area contributed by atoms with E-state index in [0.29, 0.717) is 12.5 Å². The molecular formula is C14H20N2O. The molecule has 3 N–H and O–H groups in total. The summed E-state index contributed by atoms with van der Waals surface area (Å²) >= 11 is 0. The summed E-state index contributed by atoms with van der Waals surface area (Å²) in [6.45, 7) is 2.66. The van der Waals surface area contributed by atoms with Crippen molar-refractivity contribution < 1.29 is 4.79 Å². The number of rotatable bonds is 5. The second-order valence-electron chi connectivity index (χ2n) is 4.80. The normalized spacial score (nSPS) is 16.6. The molecule has 1 aliphatic carbocycles. The van der Waals surface area contributed by atoms with Crippen LogP contribution in [0.1, 0.15) is 35.7 Å². The van der Waals surface area contributed by atoms with Crippen LogP contribution >= 0.6 is 0 Å². The minimum Gasteiger partial charge on any atom is -0.349 e. The number of carbonyl (C=O) groups excluding carboxylic acids is 1. The first-order valence-electron chi connectivity index (χ1n) is 6.31. The molecule has 1 aliphatic rings. The predicted octanol–water partition coefficient (Wildman–Crippen LogP) is 1.72. The Morgan fingerprint density at radius 3 is 2.82 bits per heavy atom. The maximum absolute atomic E-state index is 12.1. The summed E-state index contributed by atoms with van der Waals surface area (Å²) in [7, 11) is 0. The fraction of sp³-hybridized carbons (Fsp3) is 0.500. The SMILES string of the molecule is CC(NC(=O)c1ccccc1CCN)C1CC1. The molecule has 0 spiro atoms. The largest absolute Gasteiger partial charge is 0.349 e. The number of hydrogen-bond acceptors (Lipinski definition) is 2. The molecule has 3 heteroatoms. The van der Waals surface area contributed by atoms with E-state index in [4.69, 9.17) is 5.73 Å². The van der Waals surface area contributed by atoms with Crippen LogP contribution in [0.4, 0.5) is 0 Å². The number of benzene rings is 1. The van der Waals surface area contributed by atoms with Crippen LogP contribution in [-0.4, -0.2) is 18.5 Å². The monoisotopic (exact) mass is 232 g/mol. The molecule has 1 atom stereocenters. The van der Waals surface area contributed by atoms with Gasteiger partial charge in [-0.05, 0) is 50.3 Å². The Morgan fingerprint density at radius 2 is 2.18 bits per heavy atom. The Bertz CT molecular complexity index is 399. The van der Waals surface area contributed by atoms with Crippen LogP contribution < -0.4 is 11.1 Å². The molecule has 0 aromatic heterocycles. The number of amides is 1. The maximum atomic E-state index is 12.1. The van der Waals surface area contributed by atoms with Gasteiger partial charge in [-0.2, -0.15) is 0 Å². The van der Waals surface area contributed by atoms with Crippen molar-refractivity contribution in [3.63, 3.8) is 0 Å². The van der Waals surface area contributed by atoms with E-state index in [9.17, 15) is 4.79 Å². The van der Waals surface area contributed by atoms with Gasteiger partial charge in [-0.3, -0.25) is 4.79 Å². The second-order valence-corrected chi connectivity index (χ2v) is 4.80. The minimum absolute atomic E-state index is 0.0356. The Balaban J connectivity index is 2.06. The van der Waals surface area contributed by atoms with E-state index in [1.54, 1.807) is 0 Å². The van der Waals surface area contributed by atoms with Gasteiger partial charge >= 0.3 is 0 Å². The van der Waals surface area contributed by atoms with Crippen molar-refractivity contribution in [2.24, 2.45) is 11.7 Å². The molecule has 0 bridgehead atoms. The standard InChI is InChI=1S/C14H20N2O/c1-10(11-6-7-11)16-14(17)13-5-3-2-4-12(13)8-9-15/h2-5,10-11H,6-9,15H2,1H3,(H,16,17). The van der Waals surface area contributed by atoms with E-state index < -0.39 is 0 Å². The summed E-state index contributed by atoms with van der Waals surface area (Å²) in [6.07, 6.45) is 3.24. The van der Waals surface area contributed by atoms with Crippen molar-refractivity contribution in [1.29, 1.82) is 0 Å². The quantitative estimate of drug-likeness (QED) is 0.812. The zero-order valence-corrected chi connectivity index (χ0v) is 10.3. The molecule has 1 aromatic rings. The summed E-state index contributed by atoms with van der Waals surface area (Å²) in [5, 5.41) is 3.08. The number of nitrogens with two attached hydrogens (primary N) is 1. The van der Waals surface area contributed by atoms with Crippen LogP contribution in [0.2, 0.25) is 0 Å². The third kappa shape index (κ3) is 3.07. The van der Waals surface area contributed by atoms with Crippen molar-refractivity contribution in [3.05, 3.63) is 35.4 Å². The molecule has 0 aliphatic heterocycles. The molecule has 1 unspecified atom stereocenters. The molecular weight excluding hydrogens is 212 g/mol. The topological polar surface area (TPSA) is 55.1 Å². The highest BCUT2D eigenvalue weighted by molar-refractivity contribution is 5.95. The zero-order valence-electron chi connectivity index (χ0n) is 10.3. The van der Waals surface area contributed by atoms with E-state index >= 15 is 0 Å². The molecule has 2 rings (SSSR count). The number of hydrogen-bond donors (Lipinski definition) is 2. The smallest absolute Gasteiger partial charge is 0.251 e. The first-order valence-corrected chi connectivity index (χ1v) is 6.31. The third-order valence-electron chi connectivity index (χ3n) is 3.36. The Morgan fingerprint density at radius 1 is 1.47 bits per heavy atom. The van der Waals surface area contributed by atoms with Crippen LogP contribution in [0, 0.1) is 5.92 Å². The van der Waals surface area contributed by atoms with Crippen molar-refractivity contribution >= 4 is 5.91 Å². The molecule has 0 saturated heterocycles. The van der Waals surface area contributed by atoms with Gasteiger partial charge in [-0.1, -0.05) is 18.2 Å². The molecule has 1 aromatic carbocycles. The maximum Gasteiger partial charge on any atom is 0.251 e.